The summed E-state index contributed by atoms with van der Waals surface area (Å²) in [4.78, 5) is 30.7. The van der Waals surface area contributed by atoms with Gasteiger partial charge in [-0.2, -0.15) is 26.7 Å². The molecule has 0 saturated carbocycles. The Kier molecular flexibility index (Phi) is 8.22. The van der Waals surface area contributed by atoms with Crippen LogP contribution in [-0.4, -0.2) is 37.3 Å². The van der Waals surface area contributed by atoms with Gasteiger partial charge in [0.05, 0.1) is 33.7 Å². The molecule has 0 aliphatic rings. The van der Waals surface area contributed by atoms with Crippen LogP contribution in [0, 0.1) is 12.7 Å². The van der Waals surface area contributed by atoms with E-state index in [2.05, 4.69) is 19.9 Å². The van der Waals surface area contributed by atoms with E-state index in [1.165, 1.54) is 24.7 Å². The number of nitrogens with one attached hydrogen (secondary N) is 2. The number of rotatable bonds is 6. The number of urea groups is 1. The lowest BCUT2D eigenvalue weighted by molar-refractivity contribution is -0.137. The van der Waals surface area contributed by atoms with Gasteiger partial charge in [0.25, 0.3) is 15.7 Å². The summed E-state index contributed by atoms with van der Waals surface area (Å²) in [5.74, 6) is -0.453. The molecule has 4 rings (SSSR count). The fraction of sp³-hybridized carbons (Fsp3) is 0.192. The standard InChI is InChI=1S/C26H22ClF4N5O5S/c1-13-7-20(28)21(10-16(13)17-8-14-12-33-23(32-2)11-22(14)35(3)24(17)37)34-25(38)36(41-42(4,39)40)15-5-6-19(27)18(9-15)26(29,30)31/h5-12H,1-4H3,(H,32,33)(H,34,38). The van der Waals surface area contributed by atoms with Crippen molar-refractivity contribution in [3.05, 3.63) is 81.0 Å². The van der Waals surface area contributed by atoms with Crippen LogP contribution in [0.15, 0.2) is 53.5 Å². The highest BCUT2D eigenvalue weighted by molar-refractivity contribution is 7.86. The molecule has 222 valence electrons. The van der Waals surface area contributed by atoms with Gasteiger partial charge >= 0.3 is 12.2 Å². The number of aryl methyl sites for hydroxylation is 2. The molecule has 0 spiro atoms. The predicted octanol–water partition coefficient (Wildman–Crippen LogP) is 5.69. The number of halogens is 5. The smallest absolute Gasteiger partial charge is 0.373 e. The molecule has 0 atom stereocenters. The second-order valence-corrected chi connectivity index (χ2v) is 11.1. The fourth-order valence-corrected chi connectivity index (χ4v) is 4.75. The molecule has 2 N–H and O–H groups in total. The number of benzene rings is 2. The SMILES string of the molecule is CNc1cc2c(cn1)cc(-c1cc(NC(=O)N(OS(C)(=O)=O)c3ccc(Cl)c(C(F)(F)F)c3)c(F)cc1C)c(=O)n2C. The van der Waals surface area contributed by atoms with Crippen molar-refractivity contribution in [2.45, 2.75) is 13.1 Å². The summed E-state index contributed by atoms with van der Waals surface area (Å²) in [5, 5.41) is 4.87. The van der Waals surface area contributed by atoms with Gasteiger partial charge in [-0.25, -0.2) is 14.2 Å². The van der Waals surface area contributed by atoms with Crippen molar-refractivity contribution in [2.24, 2.45) is 7.05 Å². The molecular formula is C26H22ClF4N5O5S. The molecule has 4 aromatic rings. The number of hydrogen-bond acceptors (Lipinski definition) is 7. The summed E-state index contributed by atoms with van der Waals surface area (Å²) in [6, 6.07) is 6.02. The summed E-state index contributed by atoms with van der Waals surface area (Å²) < 4.78 is 85.1. The van der Waals surface area contributed by atoms with E-state index in [4.69, 9.17) is 11.6 Å². The highest BCUT2D eigenvalue weighted by atomic mass is 35.5. The summed E-state index contributed by atoms with van der Waals surface area (Å²) in [5.41, 5.74) is -1.78. The van der Waals surface area contributed by atoms with E-state index in [-0.39, 0.29) is 16.2 Å². The van der Waals surface area contributed by atoms with Crippen molar-refractivity contribution in [1.29, 1.82) is 0 Å². The number of carbonyl (C=O) groups excluding carboxylic acids is 1. The molecular weight excluding hydrogens is 606 g/mol. The highest BCUT2D eigenvalue weighted by Gasteiger charge is 2.35. The topological polar surface area (TPSA) is 123 Å². The number of fused-ring (bicyclic) bond motifs is 1. The van der Waals surface area contributed by atoms with Crippen molar-refractivity contribution in [3.8, 4) is 11.1 Å². The van der Waals surface area contributed by atoms with E-state index in [0.29, 0.717) is 34.6 Å². The maximum Gasteiger partial charge on any atom is 0.417 e. The van der Waals surface area contributed by atoms with Gasteiger partial charge < -0.3 is 15.2 Å². The zero-order valence-corrected chi connectivity index (χ0v) is 23.9. The van der Waals surface area contributed by atoms with E-state index in [0.717, 1.165) is 24.3 Å². The minimum atomic E-state index is -4.95. The molecule has 2 amide bonds. The Morgan fingerprint density at radius 3 is 2.43 bits per heavy atom. The van der Waals surface area contributed by atoms with Crippen LogP contribution >= 0.6 is 11.6 Å². The molecule has 2 aromatic heterocycles. The Bertz CT molecular complexity index is 1900. The van der Waals surface area contributed by atoms with E-state index in [9.17, 15) is 31.2 Å². The third-order valence-electron chi connectivity index (χ3n) is 6.09. The largest absolute Gasteiger partial charge is 0.417 e. The minimum Gasteiger partial charge on any atom is -0.373 e. The molecule has 0 aliphatic carbocycles. The van der Waals surface area contributed by atoms with Crippen LogP contribution < -0.4 is 21.3 Å². The summed E-state index contributed by atoms with van der Waals surface area (Å²) in [6.45, 7) is 1.53. The molecule has 42 heavy (non-hydrogen) atoms. The Morgan fingerprint density at radius 2 is 1.81 bits per heavy atom. The molecule has 0 saturated heterocycles. The normalized spacial score (nSPS) is 11.9. The van der Waals surface area contributed by atoms with Crippen LogP contribution in [-0.2, 0) is 27.6 Å². The quantitative estimate of drug-likeness (QED) is 0.208. The van der Waals surface area contributed by atoms with Crippen LogP contribution in [0.25, 0.3) is 22.0 Å². The van der Waals surface area contributed by atoms with Gasteiger partial charge in [0.1, 0.15) is 11.6 Å². The number of aromatic nitrogens is 2. The monoisotopic (exact) mass is 627 g/mol. The first-order valence-electron chi connectivity index (χ1n) is 11.9. The van der Waals surface area contributed by atoms with Gasteiger partial charge in [-0.15, -0.1) is 4.28 Å². The summed E-state index contributed by atoms with van der Waals surface area (Å²) in [7, 11) is -1.26. The molecule has 10 nitrogen and oxygen atoms in total. The van der Waals surface area contributed by atoms with E-state index >= 15 is 4.39 Å². The zero-order chi connectivity index (χ0) is 31.1. The zero-order valence-electron chi connectivity index (χ0n) is 22.3. The van der Waals surface area contributed by atoms with Gasteiger partial charge in [0, 0.05) is 37.3 Å². The van der Waals surface area contributed by atoms with Crippen molar-refractivity contribution >= 4 is 55.8 Å². The first-order chi connectivity index (χ1) is 19.5. The van der Waals surface area contributed by atoms with E-state index < -0.39 is 55.7 Å². The molecule has 0 unspecified atom stereocenters. The molecule has 0 fully saturated rings. The van der Waals surface area contributed by atoms with Gasteiger partial charge in [-0.1, -0.05) is 11.6 Å². The number of carbonyl (C=O) groups is 1. The Hall–Kier alpha value is -4.21. The first kappa shape index (κ1) is 30.7. The van der Waals surface area contributed by atoms with E-state index in [1.807, 2.05) is 0 Å². The van der Waals surface area contributed by atoms with Crippen LogP contribution in [0.1, 0.15) is 11.1 Å². The second-order valence-electron chi connectivity index (χ2n) is 9.11. The van der Waals surface area contributed by atoms with Crippen LogP contribution in [0.3, 0.4) is 0 Å². The number of nitrogens with zero attached hydrogens (tertiary/aromatic N) is 3. The Balaban J connectivity index is 1.79. The third kappa shape index (κ3) is 6.32. The fourth-order valence-electron chi connectivity index (χ4n) is 4.10. The Morgan fingerprint density at radius 1 is 1.12 bits per heavy atom. The predicted molar refractivity (Wildman–Crippen MR) is 151 cm³/mol. The van der Waals surface area contributed by atoms with Crippen molar-refractivity contribution in [3.63, 3.8) is 0 Å². The average molecular weight is 628 g/mol. The van der Waals surface area contributed by atoms with Gasteiger partial charge in [0.2, 0.25) is 0 Å². The molecule has 16 heteroatoms. The number of amides is 2. The van der Waals surface area contributed by atoms with Crippen LogP contribution in [0.2, 0.25) is 5.02 Å². The molecule has 2 aromatic carbocycles. The molecule has 0 radical (unpaired) electrons. The lowest BCUT2D eigenvalue weighted by Gasteiger charge is -2.22. The van der Waals surface area contributed by atoms with Crippen LogP contribution in [0.5, 0.6) is 0 Å². The number of alkyl halides is 3. The summed E-state index contributed by atoms with van der Waals surface area (Å²) >= 11 is 5.63. The third-order valence-corrected chi connectivity index (χ3v) is 6.84. The number of hydrogen-bond donors (Lipinski definition) is 2. The highest BCUT2D eigenvalue weighted by Crippen LogP contribution is 2.37. The van der Waals surface area contributed by atoms with Crippen LogP contribution in [0.4, 0.5) is 39.5 Å². The minimum absolute atomic E-state index is 0.0138. The average Bonchev–Trinajstić information content (AvgIpc) is 2.90. The maximum atomic E-state index is 15.0. The van der Waals surface area contributed by atoms with Gasteiger partial charge in [0.15, 0.2) is 0 Å². The van der Waals surface area contributed by atoms with Gasteiger partial charge in [-0.05, 0) is 54.4 Å². The van der Waals surface area contributed by atoms with Gasteiger partial charge in [-0.3, -0.25) is 4.79 Å². The number of pyridine rings is 2. The lowest BCUT2D eigenvalue weighted by Crippen LogP contribution is -2.37. The number of hydroxylamine groups is 1. The first-order valence-corrected chi connectivity index (χ1v) is 14.0. The lowest BCUT2D eigenvalue weighted by atomic mass is 9.99. The molecule has 0 bridgehead atoms. The number of anilines is 3. The van der Waals surface area contributed by atoms with Crippen molar-refractivity contribution in [1.82, 2.24) is 9.55 Å². The maximum absolute atomic E-state index is 15.0. The van der Waals surface area contributed by atoms with E-state index in [1.54, 1.807) is 19.2 Å². The Labute approximate surface area is 241 Å². The summed E-state index contributed by atoms with van der Waals surface area (Å²) in [6.07, 6.45) is -2.86. The van der Waals surface area contributed by atoms with Crippen molar-refractivity contribution < 1.29 is 35.1 Å². The molecule has 0 aliphatic heterocycles. The molecule has 2 heterocycles. The van der Waals surface area contributed by atoms with Crippen molar-refractivity contribution in [2.75, 3.05) is 29.0 Å². The second kappa shape index (κ2) is 11.2.